The average Bonchev–Trinajstić information content (AvgIpc) is 3.46. The Morgan fingerprint density at radius 2 is 1.95 bits per heavy atom. The zero-order valence-corrected chi connectivity index (χ0v) is 24.5. The van der Waals surface area contributed by atoms with Crippen LogP contribution < -0.4 is 5.32 Å². The highest BCUT2D eigenvalue weighted by Crippen LogP contribution is 2.66. The molecule has 7 heteroatoms. The lowest BCUT2D eigenvalue weighted by Gasteiger charge is -2.58. The Morgan fingerprint density at radius 1 is 1.13 bits per heavy atom. The fourth-order valence-electron chi connectivity index (χ4n) is 9.86. The van der Waals surface area contributed by atoms with Crippen LogP contribution in [0.2, 0.25) is 0 Å². The van der Waals surface area contributed by atoms with Gasteiger partial charge in [0.05, 0.1) is 25.0 Å². The minimum Gasteiger partial charge on any atom is -0.377 e. The number of nitrogens with zero attached hydrogens (tertiary/aromatic N) is 2. The van der Waals surface area contributed by atoms with Crippen molar-refractivity contribution in [2.45, 2.75) is 104 Å². The maximum absolute atomic E-state index is 13.2. The van der Waals surface area contributed by atoms with E-state index in [4.69, 9.17) is 9.57 Å². The summed E-state index contributed by atoms with van der Waals surface area (Å²) in [6.07, 6.45) is 12.6. The van der Waals surface area contributed by atoms with Crippen LogP contribution in [0.25, 0.3) is 0 Å². The van der Waals surface area contributed by atoms with E-state index in [0.29, 0.717) is 61.7 Å². The van der Waals surface area contributed by atoms with E-state index in [9.17, 15) is 9.59 Å². The maximum atomic E-state index is 13.2. The first-order chi connectivity index (χ1) is 18.7. The number of allylic oxidation sites excluding steroid dienone is 1. The third-order valence-corrected chi connectivity index (χ3v) is 12.4. The summed E-state index contributed by atoms with van der Waals surface area (Å²) in [5.41, 5.74) is 2.82. The van der Waals surface area contributed by atoms with Gasteiger partial charge in [0.25, 0.3) is 0 Å². The fourth-order valence-corrected chi connectivity index (χ4v) is 9.86. The number of ether oxygens (including phenoxy) is 1. The molecule has 0 spiro atoms. The van der Waals surface area contributed by atoms with Gasteiger partial charge in [0, 0.05) is 24.9 Å². The molecular formula is C32H49N3O4. The number of carbonyl (C=O) groups excluding carboxylic acids is 2. The zero-order chi connectivity index (χ0) is 27.4. The molecular weight excluding hydrogens is 490 g/mol. The molecule has 0 bridgehead atoms. The number of nitrogens with one attached hydrogen (secondary N) is 1. The lowest BCUT2D eigenvalue weighted by molar-refractivity contribution is -0.117. The predicted molar refractivity (Wildman–Crippen MR) is 151 cm³/mol. The van der Waals surface area contributed by atoms with Gasteiger partial charge < -0.3 is 10.1 Å². The molecule has 0 aromatic rings. The number of hydrogen-bond donors (Lipinski definition) is 1. The fraction of sp³-hybridized carbons (Fsp3) is 0.844. The molecule has 6 aliphatic rings. The molecule has 216 valence electrons. The van der Waals surface area contributed by atoms with Crippen LogP contribution in [0, 0.1) is 40.4 Å². The van der Waals surface area contributed by atoms with E-state index in [0.717, 1.165) is 43.9 Å². The normalized spacial score (nSPS) is 42.2. The number of fused-ring (bicyclic) bond motifs is 5. The quantitative estimate of drug-likeness (QED) is 0.265. The van der Waals surface area contributed by atoms with Crippen LogP contribution in [0.5, 0.6) is 0 Å². The number of amides is 1. The number of ketones is 1. The average molecular weight is 540 g/mol. The molecule has 1 amide bonds. The van der Waals surface area contributed by atoms with E-state index in [1.54, 1.807) is 0 Å². The van der Waals surface area contributed by atoms with Crippen LogP contribution in [-0.2, 0) is 14.4 Å². The van der Waals surface area contributed by atoms with E-state index in [-0.39, 0.29) is 23.0 Å². The van der Waals surface area contributed by atoms with Crippen LogP contribution in [0.3, 0.4) is 0 Å². The van der Waals surface area contributed by atoms with Crippen molar-refractivity contribution in [1.29, 1.82) is 0 Å². The molecule has 0 aromatic carbocycles. The van der Waals surface area contributed by atoms with Crippen molar-refractivity contribution in [3.8, 4) is 0 Å². The second kappa shape index (κ2) is 10.6. The first kappa shape index (κ1) is 27.4. The van der Waals surface area contributed by atoms with Gasteiger partial charge in [-0.2, -0.15) is 0 Å². The Labute approximate surface area is 234 Å². The molecule has 5 fully saturated rings. The number of rotatable bonds is 6. The standard InChI is InChI=1S/C32H49N3O4/c1-20-11-15-33-29(20)12-16-35(23-18-38-19-23)30(37)39-34-21(2)26-7-8-27-25-6-5-22-17-24(36)9-13-31(22,3)28(25)10-14-32(26,27)4/h17,20,23,25-29,33H,5-16,18-19H2,1-4H3/b34-21+/t20?,25-,26+,27-,28-,29?,31-,32+/m0/s1. The van der Waals surface area contributed by atoms with Crippen molar-refractivity contribution < 1.29 is 19.2 Å². The molecule has 4 aliphatic carbocycles. The number of oxime groups is 1. The molecule has 0 radical (unpaired) electrons. The highest BCUT2D eigenvalue weighted by molar-refractivity contribution is 5.91. The minimum absolute atomic E-state index is 0.0926. The second-order valence-electron chi connectivity index (χ2n) is 14.2. The van der Waals surface area contributed by atoms with Gasteiger partial charge in [-0.3, -0.25) is 14.5 Å². The van der Waals surface area contributed by atoms with Crippen molar-refractivity contribution >= 4 is 17.6 Å². The first-order valence-corrected chi connectivity index (χ1v) is 15.8. The molecule has 0 aromatic heterocycles. The minimum atomic E-state index is -0.330. The van der Waals surface area contributed by atoms with E-state index >= 15 is 0 Å². The summed E-state index contributed by atoms with van der Waals surface area (Å²) in [5.74, 6) is 3.42. The van der Waals surface area contributed by atoms with Crippen molar-refractivity contribution in [2.24, 2.45) is 45.6 Å². The molecule has 8 atom stereocenters. The Bertz CT molecular complexity index is 1040. The summed E-state index contributed by atoms with van der Waals surface area (Å²) < 4.78 is 5.41. The van der Waals surface area contributed by atoms with Crippen LogP contribution in [0.1, 0.15) is 91.9 Å². The Kier molecular flexibility index (Phi) is 7.45. The molecule has 2 unspecified atom stereocenters. The summed E-state index contributed by atoms with van der Waals surface area (Å²) in [7, 11) is 0. The lowest BCUT2D eigenvalue weighted by atomic mass is 9.46. The van der Waals surface area contributed by atoms with Crippen molar-refractivity contribution in [2.75, 3.05) is 26.3 Å². The molecule has 1 N–H and O–H groups in total. The van der Waals surface area contributed by atoms with Crippen LogP contribution in [0.15, 0.2) is 16.8 Å². The smallest absolute Gasteiger partial charge is 0.377 e. The van der Waals surface area contributed by atoms with Crippen LogP contribution in [0.4, 0.5) is 4.79 Å². The monoisotopic (exact) mass is 539 g/mol. The van der Waals surface area contributed by atoms with Gasteiger partial charge in [-0.05, 0) is 112 Å². The summed E-state index contributed by atoms with van der Waals surface area (Å²) in [5, 5.41) is 8.09. The van der Waals surface area contributed by atoms with Gasteiger partial charge in [0.1, 0.15) is 0 Å². The lowest BCUT2D eigenvalue weighted by Crippen LogP contribution is -2.52. The van der Waals surface area contributed by atoms with E-state index in [1.807, 2.05) is 11.0 Å². The third-order valence-electron chi connectivity index (χ3n) is 12.4. The van der Waals surface area contributed by atoms with Gasteiger partial charge in [-0.15, -0.1) is 0 Å². The molecule has 2 saturated heterocycles. The Morgan fingerprint density at radius 3 is 2.67 bits per heavy atom. The molecule has 2 aliphatic heterocycles. The SMILES string of the molecule is C/C(=N\OC(=O)N(CCC1NCCC1C)C1COC1)[C@H]1CC[C@H]2[C@@H]3CCC4=CC(=O)CC[C@]4(C)[C@H]3CC[C@]12C. The highest BCUT2D eigenvalue weighted by atomic mass is 16.7. The Hall–Kier alpha value is -1.73. The number of carbonyl (C=O) groups is 2. The van der Waals surface area contributed by atoms with E-state index < -0.39 is 0 Å². The molecule has 7 nitrogen and oxygen atoms in total. The first-order valence-electron chi connectivity index (χ1n) is 15.8. The topological polar surface area (TPSA) is 80.2 Å². The van der Waals surface area contributed by atoms with E-state index in [2.05, 4.69) is 38.2 Å². The maximum Gasteiger partial charge on any atom is 0.436 e. The zero-order valence-electron chi connectivity index (χ0n) is 24.5. The highest BCUT2D eigenvalue weighted by Gasteiger charge is 2.59. The largest absolute Gasteiger partial charge is 0.436 e. The van der Waals surface area contributed by atoms with Gasteiger partial charge in [-0.1, -0.05) is 31.5 Å². The third kappa shape index (κ3) is 4.79. The van der Waals surface area contributed by atoms with Gasteiger partial charge in [0.2, 0.25) is 0 Å². The summed E-state index contributed by atoms with van der Waals surface area (Å²) >= 11 is 0. The van der Waals surface area contributed by atoms with Crippen molar-refractivity contribution in [3.63, 3.8) is 0 Å². The number of hydrogen-bond acceptors (Lipinski definition) is 6. The van der Waals surface area contributed by atoms with Gasteiger partial charge >= 0.3 is 6.09 Å². The molecule has 6 rings (SSSR count). The molecule has 3 saturated carbocycles. The van der Waals surface area contributed by atoms with Crippen LogP contribution >= 0.6 is 0 Å². The van der Waals surface area contributed by atoms with Crippen LogP contribution in [-0.4, -0.2) is 60.9 Å². The second-order valence-corrected chi connectivity index (χ2v) is 14.2. The van der Waals surface area contributed by atoms with Gasteiger partial charge in [-0.25, -0.2) is 4.79 Å². The molecule has 39 heavy (non-hydrogen) atoms. The van der Waals surface area contributed by atoms with Crippen molar-refractivity contribution in [1.82, 2.24) is 10.2 Å². The summed E-state index contributed by atoms with van der Waals surface area (Å²) in [4.78, 5) is 32.9. The van der Waals surface area contributed by atoms with Gasteiger partial charge in [0.15, 0.2) is 5.78 Å². The summed E-state index contributed by atoms with van der Waals surface area (Å²) in [6.45, 7) is 12.2. The Balaban J connectivity index is 1.11. The van der Waals surface area contributed by atoms with Crippen molar-refractivity contribution in [3.05, 3.63) is 11.6 Å². The summed E-state index contributed by atoms with van der Waals surface area (Å²) in [6, 6.07) is 0.551. The predicted octanol–water partition coefficient (Wildman–Crippen LogP) is 5.74. The molecule has 2 heterocycles. The van der Waals surface area contributed by atoms with E-state index in [1.165, 1.54) is 37.7 Å².